The molecule has 0 aliphatic heterocycles. The molecule has 0 aliphatic rings. The third kappa shape index (κ3) is 3.42. The predicted molar refractivity (Wildman–Crippen MR) is 92.2 cm³/mol. The monoisotopic (exact) mass is 340 g/mol. The van der Waals surface area contributed by atoms with Crippen LogP contribution in [0.2, 0.25) is 0 Å². The Bertz CT molecular complexity index is 995. The third-order valence-electron chi connectivity index (χ3n) is 3.64. The molecule has 0 N–H and O–H groups in total. The smallest absolute Gasteiger partial charge is 0.364 e. The minimum atomic E-state index is -0.807. The van der Waals surface area contributed by atoms with Gasteiger partial charge in [0, 0.05) is 11.9 Å². The molecule has 0 fully saturated rings. The van der Waals surface area contributed by atoms with E-state index in [1.807, 2.05) is 13.8 Å². The molecule has 128 valence electrons. The van der Waals surface area contributed by atoms with E-state index in [2.05, 4.69) is 5.10 Å². The van der Waals surface area contributed by atoms with E-state index < -0.39 is 11.8 Å². The number of halogens is 1. The van der Waals surface area contributed by atoms with Gasteiger partial charge in [-0.25, -0.2) is 13.9 Å². The van der Waals surface area contributed by atoms with Crippen LogP contribution in [0.4, 0.5) is 4.39 Å². The molecule has 0 saturated heterocycles. The standard InChI is InChI=1S/C19H17FN2O3/c1-12(2)11-22-18(23)14-8-4-3-7-13(14)17(21-22)19(24)25-16-10-6-5-9-15(16)20/h3-10,12H,11H2,1-2H3. The van der Waals surface area contributed by atoms with Gasteiger partial charge in [0.05, 0.1) is 5.39 Å². The zero-order valence-corrected chi connectivity index (χ0v) is 13.9. The zero-order chi connectivity index (χ0) is 18.0. The predicted octanol–water partition coefficient (Wildman–Crippen LogP) is 3.41. The molecular weight excluding hydrogens is 323 g/mol. The molecule has 5 nitrogen and oxygen atoms in total. The first-order valence-corrected chi connectivity index (χ1v) is 7.94. The number of hydrogen-bond donors (Lipinski definition) is 0. The highest BCUT2D eigenvalue weighted by atomic mass is 19.1. The Kier molecular flexibility index (Phi) is 4.61. The van der Waals surface area contributed by atoms with E-state index in [9.17, 15) is 14.0 Å². The second kappa shape index (κ2) is 6.84. The third-order valence-corrected chi connectivity index (χ3v) is 3.64. The Labute approximate surface area is 143 Å². The SMILES string of the molecule is CC(C)Cn1nc(C(=O)Oc2ccccc2F)c2ccccc2c1=O. The van der Waals surface area contributed by atoms with Crippen LogP contribution in [0.3, 0.4) is 0 Å². The molecule has 0 aliphatic carbocycles. The molecule has 0 unspecified atom stereocenters. The number of nitrogens with zero attached hydrogens (tertiary/aromatic N) is 2. The van der Waals surface area contributed by atoms with Crippen LogP contribution < -0.4 is 10.3 Å². The van der Waals surface area contributed by atoms with E-state index >= 15 is 0 Å². The Hall–Kier alpha value is -3.02. The van der Waals surface area contributed by atoms with Crippen molar-refractivity contribution in [3.8, 4) is 5.75 Å². The summed E-state index contributed by atoms with van der Waals surface area (Å²) in [4.78, 5) is 25.1. The number of para-hydroxylation sites is 1. The van der Waals surface area contributed by atoms with Crippen molar-refractivity contribution in [3.05, 3.63) is 70.4 Å². The summed E-state index contributed by atoms with van der Waals surface area (Å²) in [5.41, 5.74) is -0.286. The average Bonchev–Trinajstić information content (AvgIpc) is 2.59. The van der Waals surface area contributed by atoms with Gasteiger partial charge in [-0.1, -0.05) is 44.2 Å². The first kappa shape index (κ1) is 16.8. The molecule has 1 heterocycles. The van der Waals surface area contributed by atoms with E-state index in [0.717, 1.165) is 0 Å². The maximum absolute atomic E-state index is 13.7. The lowest BCUT2D eigenvalue weighted by atomic mass is 10.1. The maximum Gasteiger partial charge on any atom is 0.364 e. The molecule has 0 amide bonds. The summed E-state index contributed by atoms with van der Waals surface area (Å²) < 4.78 is 20.1. The van der Waals surface area contributed by atoms with Gasteiger partial charge in [-0.15, -0.1) is 0 Å². The number of benzene rings is 2. The van der Waals surface area contributed by atoms with Gasteiger partial charge in [0.15, 0.2) is 17.3 Å². The van der Waals surface area contributed by atoms with Crippen LogP contribution in [0.25, 0.3) is 10.8 Å². The first-order chi connectivity index (χ1) is 12.0. The second-order valence-corrected chi connectivity index (χ2v) is 6.10. The molecule has 0 radical (unpaired) electrons. The van der Waals surface area contributed by atoms with Crippen molar-refractivity contribution >= 4 is 16.7 Å². The lowest BCUT2D eigenvalue weighted by Gasteiger charge is -2.12. The summed E-state index contributed by atoms with van der Waals surface area (Å²) in [6, 6.07) is 12.3. The zero-order valence-electron chi connectivity index (χ0n) is 13.9. The number of ether oxygens (including phenoxy) is 1. The molecule has 25 heavy (non-hydrogen) atoms. The lowest BCUT2D eigenvalue weighted by Crippen LogP contribution is -2.28. The van der Waals surface area contributed by atoms with Gasteiger partial charge in [-0.2, -0.15) is 5.10 Å². The summed E-state index contributed by atoms with van der Waals surface area (Å²) in [6.07, 6.45) is 0. The van der Waals surface area contributed by atoms with E-state index in [0.29, 0.717) is 17.3 Å². The van der Waals surface area contributed by atoms with Crippen LogP contribution in [0.5, 0.6) is 5.75 Å². The summed E-state index contributed by atoms with van der Waals surface area (Å²) in [7, 11) is 0. The highest BCUT2D eigenvalue weighted by Gasteiger charge is 2.20. The second-order valence-electron chi connectivity index (χ2n) is 6.10. The quantitative estimate of drug-likeness (QED) is 0.539. The van der Waals surface area contributed by atoms with Crippen molar-refractivity contribution in [1.29, 1.82) is 0 Å². The topological polar surface area (TPSA) is 61.2 Å². The van der Waals surface area contributed by atoms with Crippen molar-refractivity contribution in [3.63, 3.8) is 0 Å². The van der Waals surface area contributed by atoms with Crippen LogP contribution in [0.15, 0.2) is 53.3 Å². The Morgan fingerprint density at radius 2 is 1.76 bits per heavy atom. The summed E-state index contributed by atoms with van der Waals surface area (Å²) in [5, 5.41) is 4.93. The number of carbonyl (C=O) groups is 1. The fraction of sp³-hybridized carbons (Fsp3) is 0.211. The molecule has 0 bridgehead atoms. The van der Waals surface area contributed by atoms with Crippen LogP contribution in [-0.4, -0.2) is 15.7 Å². The molecule has 1 aromatic heterocycles. The van der Waals surface area contributed by atoms with Gasteiger partial charge < -0.3 is 4.74 Å². The van der Waals surface area contributed by atoms with Crippen LogP contribution in [-0.2, 0) is 6.54 Å². The van der Waals surface area contributed by atoms with Gasteiger partial charge in [-0.05, 0) is 24.1 Å². The van der Waals surface area contributed by atoms with Crippen molar-refractivity contribution in [2.24, 2.45) is 5.92 Å². The average molecular weight is 340 g/mol. The minimum absolute atomic E-state index is 0.0147. The van der Waals surface area contributed by atoms with Crippen molar-refractivity contribution < 1.29 is 13.9 Å². The van der Waals surface area contributed by atoms with E-state index in [-0.39, 0.29) is 22.9 Å². The fourth-order valence-electron chi connectivity index (χ4n) is 2.53. The number of rotatable bonds is 4. The minimum Gasteiger partial charge on any atom is -0.419 e. The van der Waals surface area contributed by atoms with Crippen molar-refractivity contribution in [1.82, 2.24) is 9.78 Å². The first-order valence-electron chi connectivity index (χ1n) is 7.94. The fourth-order valence-corrected chi connectivity index (χ4v) is 2.53. The van der Waals surface area contributed by atoms with E-state index in [1.165, 1.54) is 22.9 Å². The van der Waals surface area contributed by atoms with E-state index in [1.54, 1.807) is 30.3 Å². The molecule has 2 aromatic carbocycles. The molecule has 0 saturated carbocycles. The van der Waals surface area contributed by atoms with Gasteiger partial charge in [0.25, 0.3) is 5.56 Å². The van der Waals surface area contributed by atoms with Crippen molar-refractivity contribution in [2.75, 3.05) is 0 Å². The Balaban J connectivity index is 2.11. The maximum atomic E-state index is 13.7. The number of esters is 1. The Morgan fingerprint density at radius 1 is 1.12 bits per heavy atom. The summed E-state index contributed by atoms with van der Waals surface area (Å²) in [6.45, 7) is 4.25. The van der Waals surface area contributed by atoms with Crippen molar-refractivity contribution in [2.45, 2.75) is 20.4 Å². The summed E-state index contributed by atoms with van der Waals surface area (Å²) >= 11 is 0. The number of aromatic nitrogens is 2. The number of hydrogen-bond acceptors (Lipinski definition) is 4. The highest BCUT2D eigenvalue weighted by molar-refractivity contribution is 6.02. The highest BCUT2D eigenvalue weighted by Crippen LogP contribution is 2.19. The van der Waals surface area contributed by atoms with Gasteiger partial charge in [0.2, 0.25) is 0 Å². The van der Waals surface area contributed by atoms with Crippen LogP contribution in [0.1, 0.15) is 24.3 Å². The largest absolute Gasteiger partial charge is 0.419 e. The molecule has 6 heteroatoms. The molecule has 3 rings (SSSR count). The molecule has 0 spiro atoms. The van der Waals surface area contributed by atoms with Crippen LogP contribution >= 0.6 is 0 Å². The number of fused-ring (bicyclic) bond motifs is 1. The van der Waals surface area contributed by atoms with Gasteiger partial charge >= 0.3 is 5.97 Å². The lowest BCUT2D eigenvalue weighted by molar-refractivity contribution is 0.0721. The van der Waals surface area contributed by atoms with Crippen LogP contribution in [0, 0.1) is 11.7 Å². The number of carbonyl (C=O) groups excluding carboxylic acids is 1. The molecule has 0 atom stereocenters. The van der Waals surface area contributed by atoms with E-state index in [4.69, 9.17) is 4.74 Å². The normalized spacial score (nSPS) is 11.0. The van der Waals surface area contributed by atoms with Gasteiger partial charge in [-0.3, -0.25) is 4.79 Å². The van der Waals surface area contributed by atoms with Gasteiger partial charge in [0.1, 0.15) is 0 Å². The Morgan fingerprint density at radius 3 is 2.44 bits per heavy atom. The molecular formula is C19H17FN2O3. The summed E-state index contributed by atoms with van der Waals surface area (Å²) in [5.74, 6) is -1.46. The molecule has 3 aromatic rings.